The van der Waals surface area contributed by atoms with E-state index in [2.05, 4.69) is 26.2 Å². The predicted molar refractivity (Wildman–Crippen MR) is 135 cm³/mol. The van der Waals surface area contributed by atoms with Crippen LogP contribution in [0.25, 0.3) is 10.2 Å². The van der Waals surface area contributed by atoms with Gasteiger partial charge in [0, 0.05) is 32.2 Å². The highest BCUT2D eigenvalue weighted by Gasteiger charge is 2.48. The molecule has 2 aliphatic heterocycles. The Kier molecular flexibility index (Phi) is 7.27. The van der Waals surface area contributed by atoms with Gasteiger partial charge in [0.05, 0.1) is 30.0 Å². The summed E-state index contributed by atoms with van der Waals surface area (Å²) < 4.78 is 8.65. The van der Waals surface area contributed by atoms with Crippen molar-refractivity contribution in [2.24, 2.45) is 0 Å². The molecule has 1 atom stereocenters. The van der Waals surface area contributed by atoms with Crippen LogP contribution in [-0.4, -0.2) is 77.2 Å². The summed E-state index contributed by atoms with van der Waals surface area (Å²) in [5.41, 5.74) is 0.876. The third-order valence-corrected chi connectivity index (χ3v) is 8.79. The van der Waals surface area contributed by atoms with E-state index in [0.29, 0.717) is 18.8 Å². The highest BCUT2D eigenvalue weighted by Crippen LogP contribution is 2.34. The number of hydrogen-bond donors (Lipinski definition) is 1. The second kappa shape index (κ2) is 10.4. The molecular formula is C26H38N4O3S. The molecule has 1 saturated heterocycles. The lowest BCUT2D eigenvalue weighted by molar-refractivity contribution is -0.133. The van der Waals surface area contributed by atoms with E-state index in [-0.39, 0.29) is 17.9 Å². The zero-order chi connectivity index (χ0) is 23.5. The number of amides is 2. The van der Waals surface area contributed by atoms with Crippen molar-refractivity contribution in [3.63, 3.8) is 0 Å². The Morgan fingerprint density at radius 2 is 1.88 bits per heavy atom. The normalized spacial score (nSPS) is 25.2. The fraction of sp³-hybridized carbons (Fsp3) is 0.692. The molecule has 7 nitrogen and oxygen atoms in total. The topological polar surface area (TPSA) is 66.8 Å². The molecule has 0 spiro atoms. The summed E-state index contributed by atoms with van der Waals surface area (Å²) >= 11 is 1.65. The predicted octanol–water partition coefficient (Wildman–Crippen LogP) is 3.87. The fourth-order valence-corrected chi connectivity index (χ4v) is 6.66. The van der Waals surface area contributed by atoms with E-state index >= 15 is 0 Å². The summed E-state index contributed by atoms with van der Waals surface area (Å²) in [4.78, 5) is 31.9. The van der Waals surface area contributed by atoms with E-state index < -0.39 is 5.54 Å². The summed E-state index contributed by atoms with van der Waals surface area (Å²) in [5, 5.41) is 5.44. The molecule has 4 heterocycles. The second-order valence-electron chi connectivity index (χ2n) is 10.3. The Bertz CT molecular complexity index is 1000. The molecule has 0 bridgehead atoms. The maximum absolute atomic E-state index is 13.9. The molecule has 2 aromatic heterocycles. The number of carbonyl (C=O) groups is 2. The van der Waals surface area contributed by atoms with Gasteiger partial charge in [0.25, 0.3) is 5.91 Å². The minimum Gasteiger partial charge on any atom is -0.379 e. The van der Waals surface area contributed by atoms with Gasteiger partial charge in [0.2, 0.25) is 5.91 Å². The Morgan fingerprint density at radius 1 is 1.15 bits per heavy atom. The van der Waals surface area contributed by atoms with Gasteiger partial charge in [-0.15, -0.1) is 11.3 Å². The van der Waals surface area contributed by atoms with Crippen LogP contribution in [0.3, 0.4) is 0 Å². The first kappa shape index (κ1) is 23.8. The summed E-state index contributed by atoms with van der Waals surface area (Å²) in [5.74, 6) is -0.0209. The van der Waals surface area contributed by atoms with Crippen molar-refractivity contribution in [2.75, 3.05) is 39.4 Å². The lowest BCUT2D eigenvalue weighted by Gasteiger charge is -2.45. The van der Waals surface area contributed by atoms with Crippen LogP contribution < -0.4 is 5.32 Å². The molecule has 0 unspecified atom stereocenters. The number of thiophene rings is 1. The number of ether oxygens (including phenoxy) is 1. The highest BCUT2D eigenvalue weighted by atomic mass is 32.1. The van der Waals surface area contributed by atoms with E-state index in [1.165, 1.54) is 32.1 Å². The van der Waals surface area contributed by atoms with Crippen LogP contribution in [-0.2, 0) is 16.1 Å². The van der Waals surface area contributed by atoms with Crippen molar-refractivity contribution >= 4 is 33.4 Å². The number of carbonyl (C=O) groups excluding carboxylic acids is 2. The van der Waals surface area contributed by atoms with Crippen LogP contribution in [0.5, 0.6) is 0 Å². The number of morpholine rings is 1. The summed E-state index contributed by atoms with van der Waals surface area (Å²) in [6.07, 6.45) is 9.07. The lowest BCUT2D eigenvalue weighted by atomic mass is 9.92. The third kappa shape index (κ3) is 4.77. The summed E-state index contributed by atoms with van der Waals surface area (Å²) in [6.45, 7) is 7.40. The van der Waals surface area contributed by atoms with Gasteiger partial charge in [0.15, 0.2) is 0 Å². The van der Waals surface area contributed by atoms with Gasteiger partial charge in [-0.25, -0.2) is 0 Å². The molecule has 5 rings (SSSR count). The van der Waals surface area contributed by atoms with Gasteiger partial charge in [-0.3, -0.25) is 14.5 Å². The molecule has 0 radical (unpaired) electrons. The Morgan fingerprint density at radius 3 is 2.65 bits per heavy atom. The molecule has 1 aliphatic carbocycles. The minimum atomic E-state index is -0.897. The number of rotatable bonds is 6. The molecule has 1 N–H and O–H groups in total. The SMILES string of the molecule is C[C@@]1(C(=O)NC2CCCCCCC2)Cn2c(cc3sccc32)C(=O)N1CCCN1CCOCC1. The molecule has 2 aromatic rings. The van der Waals surface area contributed by atoms with Gasteiger partial charge in [0.1, 0.15) is 11.2 Å². The first-order valence-electron chi connectivity index (χ1n) is 13.1. The minimum absolute atomic E-state index is 0.000487. The summed E-state index contributed by atoms with van der Waals surface area (Å²) in [6, 6.07) is 4.28. The zero-order valence-corrected chi connectivity index (χ0v) is 21.2. The van der Waals surface area contributed by atoms with Crippen molar-refractivity contribution in [1.82, 2.24) is 19.7 Å². The molecule has 0 aromatic carbocycles. The quantitative estimate of drug-likeness (QED) is 0.673. The van der Waals surface area contributed by atoms with Gasteiger partial charge >= 0.3 is 0 Å². The number of nitrogens with zero attached hydrogens (tertiary/aromatic N) is 3. The standard InChI is InChI=1S/C26H38N4O3S/c1-26(25(32)27-20-8-5-3-2-4-6-9-20)19-29-21-10-17-34-23(21)18-22(29)24(31)30(26)12-7-11-28-13-15-33-16-14-28/h10,17-18,20H,2-9,11-16,19H2,1H3,(H,27,32)/t26-/m0/s1. The van der Waals surface area contributed by atoms with Gasteiger partial charge in [-0.2, -0.15) is 0 Å². The average Bonchev–Trinajstić information content (AvgIpc) is 3.41. The molecule has 1 saturated carbocycles. The summed E-state index contributed by atoms with van der Waals surface area (Å²) in [7, 11) is 0. The monoisotopic (exact) mass is 486 g/mol. The van der Waals surface area contributed by atoms with Crippen LogP contribution in [0.4, 0.5) is 0 Å². The third-order valence-electron chi connectivity index (χ3n) is 7.94. The van der Waals surface area contributed by atoms with Crippen molar-refractivity contribution in [1.29, 1.82) is 0 Å². The molecule has 3 aliphatic rings. The molecule has 186 valence electrons. The smallest absolute Gasteiger partial charge is 0.271 e. The van der Waals surface area contributed by atoms with Gasteiger partial charge in [-0.1, -0.05) is 32.1 Å². The highest BCUT2D eigenvalue weighted by molar-refractivity contribution is 7.17. The van der Waals surface area contributed by atoms with E-state index in [1.807, 2.05) is 17.9 Å². The van der Waals surface area contributed by atoms with Crippen molar-refractivity contribution < 1.29 is 14.3 Å². The van der Waals surface area contributed by atoms with Crippen LogP contribution in [0.15, 0.2) is 17.5 Å². The van der Waals surface area contributed by atoms with E-state index in [4.69, 9.17) is 4.74 Å². The van der Waals surface area contributed by atoms with E-state index in [9.17, 15) is 9.59 Å². The first-order valence-corrected chi connectivity index (χ1v) is 13.9. The van der Waals surface area contributed by atoms with Gasteiger partial charge in [-0.05, 0) is 43.7 Å². The molecule has 2 amide bonds. The fourth-order valence-electron chi connectivity index (χ4n) is 5.84. The zero-order valence-electron chi connectivity index (χ0n) is 20.4. The molecule has 2 fully saturated rings. The number of fused-ring (bicyclic) bond motifs is 3. The largest absolute Gasteiger partial charge is 0.379 e. The molecule has 8 heteroatoms. The number of hydrogen-bond acceptors (Lipinski definition) is 5. The Labute approximate surface area is 206 Å². The lowest BCUT2D eigenvalue weighted by Crippen LogP contribution is -2.65. The van der Waals surface area contributed by atoms with Crippen LogP contribution in [0, 0.1) is 0 Å². The maximum Gasteiger partial charge on any atom is 0.271 e. The average molecular weight is 487 g/mol. The second-order valence-corrected chi connectivity index (χ2v) is 11.3. The Hall–Kier alpha value is -1.90. The van der Waals surface area contributed by atoms with E-state index in [0.717, 1.165) is 62.3 Å². The van der Waals surface area contributed by atoms with Gasteiger partial charge < -0.3 is 19.5 Å². The van der Waals surface area contributed by atoms with Crippen LogP contribution >= 0.6 is 11.3 Å². The first-order chi connectivity index (χ1) is 16.6. The maximum atomic E-state index is 13.9. The van der Waals surface area contributed by atoms with Crippen LogP contribution in [0.2, 0.25) is 0 Å². The number of aromatic nitrogens is 1. The van der Waals surface area contributed by atoms with Crippen molar-refractivity contribution in [3.8, 4) is 0 Å². The van der Waals surface area contributed by atoms with Crippen LogP contribution in [0.1, 0.15) is 68.8 Å². The Balaban J connectivity index is 1.36. The van der Waals surface area contributed by atoms with Crippen molar-refractivity contribution in [2.45, 2.75) is 76.4 Å². The molecule has 34 heavy (non-hydrogen) atoms. The number of nitrogens with one attached hydrogen (secondary N) is 1. The van der Waals surface area contributed by atoms with E-state index in [1.54, 1.807) is 11.3 Å². The molecular weight excluding hydrogens is 448 g/mol. The van der Waals surface area contributed by atoms with Crippen molar-refractivity contribution in [3.05, 3.63) is 23.2 Å².